The first-order valence-corrected chi connectivity index (χ1v) is 5.43. The summed E-state index contributed by atoms with van der Waals surface area (Å²) in [4.78, 5) is 13.0. The Labute approximate surface area is 82.4 Å². The standard InChI is InChI=1S/C8H15N3OS/c9-8(10)13-6-2-5-11-4-1-3-7(11)12/h1-6H2,(H3,9,10). The molecule has 0 atom stereocenters. The van der Waals surface area contributed by atoms with Gasteiger partial charge < -0.3 is 10.6 Å². The third kappa shape index (κ3) is 3.67. The molecule has 0 bridgehead atoms. The van der Waals surface area contributed by atoms with Gasteiger partial charge in [0, 0.05) is 25.3 Å². The van der Waals surface area contributed by atoms with E-state index in [1.807, 2.05) is 4.90 Å². The van der Waals surface area contributed by atoms with Gasteiger partial charge in [-0.1, -0.05) is 11.8 Å². The molecule has 0 spiro atoms. The van der Waals surface area contributed by atoms with Crippen molar-refractivity contribution in [1.29, 1.82) is 5.41 Å². The highest BCUT2D eigenvalue weighted by molar-refractivity contribution is 8.13. The van der Waals surface area contributed by atoms with E-state index in [0.29, 0.717) is 6.42 Å². The van der Waals surface area contributed by atoms with Crippen LogP contribution >= 0.6 is 11.8 Å². The molecule has 0 aromatic carbocycles. The highest BCUT2D eigenvalue weighted by Crippen LogP contribution is 2.10. The lowest BCUT2D eigenvalue weighted by molar-refractivity contribution is -0.127. The number of nitrogens with zero attached hydrogens (tertiary/aromatic N) is 1. The van der Waals surface area contributed by atoms with Crippen LogP contribution in [0, 0.1) is 5.41 Å². The summed E-state index contributed by atoms with van der Waals surface area (Å²) in [6.45, 7) is 1.72. The number of thioether (sulfide) groups is 1. The van der Waals surface area contributed by atoms with Gasteiger partial charge in [0.05, 0.1) is 0 Å². The summed E-state index contributed by atoms with van der Waals surface area (Å²) in [5.74, 6) is 1.10. The molecule has 0 aliphatic carbocycles. The van der Waals surface area contributed by atoms with Crippen LogP contribution in [0.4, 0.5) is 0 Å². The molecule has 0 saturated carbocycles. The van der Waals surface area contributed by atoms with Gasteiger partial charge in [0.15, 0.2) is 5.17 Å². The predicted molar refractivity (Wildman–Crippen MR) is 54.8 cm³/mol. The van der Waals surface area contributed by atoms with Gasteiger partial charge in [-0.3, -0.25) is 10.2 Å². The largest absolute Gasteiger partial charge is 0.379 e. The minimum atomic E-state index is 0.160. The molecule has 5 heteroatoms. The van der Waals surface area contributed by atoms with Gasteiger partial charge in [-0.25, -0.2) is 0 Å². The van der Waals surface area contributed by atoms with Crippen LogP contribution < -0.4 is 5.73 Å². The van der Waals surface area contributed by atoms with E-state index in [1.165, 1.54) is 11.8 Å². The number of carbonyl (C=O) groups excluding carboxylic acids is 1. The molecule has 1 amide bonds. The van der Waals surface area contributed by atoms with E-state index in [9.17, 15) is 4.79 Å². The first-order chi connectivity index (χ1) is 6.20. The summed E-state index contributed by atoms with van der Waals surface area (Å²) in [6.07, 6.45) is 2.63. The molecule has 1 fully saturated rings. The zero-order valence-electron chi connectivity index (χ0n) is 7.58. The molecule has 1 aliphatic rings. The quantitative estimate of drug-likeness (QED) is 0.398. The summed E-state index contributed by atoms with van der Waals surface area (Å²) < 4.78 is 0. The molecule has 74 valence electrons. The van der Waals surface area contributed by atoms with E-state index < -0.39 is 0 Å². The number of likely N-dealkylation sites (tertiary alicyclic amines) is 1. The maximum Gasteiger partial charge on any atom is 0.222 e. The Balaban J connectivity index is 2.05. The Kier molecular flexibility index (Phi) is 4.08. The molecular formula is C8H15N3OS. The normalized spacial score (nSPS) is 16.6. The smallest absolute Gasteiger partial charge is 0.222 e. The Bertz CT molecular complexity index is 208. The lowest BCUT2D eigenvalue weighted by atomic mass is 10.4. The second-order valence-electron chi connectivity index (χ2n) is 3.05. The van der Waals surface area contributed by atoms with Crippen LogP contribution in [-0.2, 0) is 4.79 Å². The minimum absolute atomic E-state index is 0.160. The zero-order chi connectivity index (χ0) is 9.68. The highest BCUT2D eigenvalue weighted by atomic mass is 32.2. The second kappa shape index (κ2) is 5.11. The second-order valence-corrected chi connectivity index (χ2v) is 4.19. The number of amidine groups is 1. The number of hydrogen-bond donors (Lipinski definition) is 2. The number of nitrogens with one attached hydrogen (secondary N) is 1. The topological polar surface area (TPSA) is 70.2 Å². The molecule has 1 saturated heterocycles. The summed E-state index contributed by atoms with van der Waals surface area (Å²) in [7, 11) is 0. The average molecular weight is 201 g/mol. The van der Waals surface area contributed by atoms with Crippen LogP contribution in [0.1, 0.15) is 19.3 Å². The molecule has 0 unspecified atom stereocenters. The van der Waals surface area contributed by atoms with Gasteiger partial charge in [-0.15, -0.1) is 0 Å². The van der Waals surface area contributed by atoms with Crippen molar-refractivity contribution >= 4 is 22.8 Å². The van der Waals surface area contributed by atoms with Crippen molar-refractivity contribution in [2.45, 2.75) is 19.3 Å². The Morgan fingerprint density at radius 1 is 1.69 bits per heavy atom. The van der Waals surface area contributed by atoms with Crippen molar-refractivity contribution in [2.75, 3.05) is 18.8 Å². The lowest BCUT2D eigenvalue weighted by Gasteiger charge is -2.14. The summed E-state index contributed by atoms with van der Waals surface area (Å²) in [5.41, 5.74) is 5.18. The van der Waals surface area contributed by atoms with Gasteiger partial charge in [0.1, 0.15) is 0 Å². The molecule has 1 aliphatic heterocycles. The first kappa shape index (κ1) is 10.4. The Morgan fingerprint density at radius 3 is 3.00 bits per heavy atom. The van der Waals surface area contributed by atoms with Gasteiger partial charge in [0.2, 0.25) is 5.91 Å². The molecule has 1 rings (SSSR count). The zero-order valence-corrected chi connectivity index (χ0v) is 8.40. The van der Waals surface area contributed by atoms with E-state index in [-0.39, 0.29) is 11.1 Å². The van der Waals surface area contributed by atoms with E-state index >= 15 is 0 Å². The third-order valence-electron chi connectivity index (χ3n) is 2.00. The van der Waals surface area contributed by atoms with E-state index in [1.54, 1.807) is 0 Å². The molecule has 13 heavy (non-hydrogen) atoms. The summed E-state index contributed by atoms with van der Waals surface area (Å²) in [5, 5.41) is 7.14. The van der Waals surface area contributed by atoms with Gasteiger partial charge in [0.25, 0.3) is 0 Å². The summed E-state index contributed by atoms with van der Waals surface area (Å²) >= 11 is 1.34. The van der Waals surface area contributed by atoms with Crippen LogP contribution in [0.3, 0.4) is 0 Å². The van der Waals surface area contributed by atoms with Crippen molar-refractivity contribution in [3.63, 3.8) is 0 Å². The van der Waals surface area contributed by atoms with Crippen LogP contribution in [0.2, 0.25) is 0 Å². The molecule has 3 N–H and O–H groups in total. The number of hydrogen-bond acceptors (Lipinski definition) is 3. The molecular weight excluding hydrogens is 186 g/mol. The van der Waals surface area contributed by atoms with Crippen molar-refractivity contribution in [3.05, 3.63) is 0 Å². The van der Waals surface area contributed by atoms with Crippen LogP contribution in [0.25, 0.3) is 0 Å². The monoisotopic (exact) mass is 201 g/mol. The SMILES string of the molecule is N=C(N)SCCCN1CCCC1=O. The van der Waals surface area contributed by atoms with Crippen LogP contribution in [0.15, 0.2) is 0 Å². The highest BCUT2D eigenvalue weighted by Gasteiger charge is 2.18. The van der Waals surface area contributed by atoms with Crippen molar-refractivity contribution in [2.24, 2.45) is 5.73 Å². The van der Waals surface area contributed by atoms with E-state index in [2.05, 4.69) is 0 Å². The fourth-order valence-corrected chi connectivity index (χ4v) is 1.87. The number of carbonyl (C=O) groups is 1. The lowest BCUT2D eigenvalue weighted by Crippen LogP contribution is -2.26. The molecule has 1 heterocycles. The molecule has 0 radical (unpaired) electrons. The van der Waals surface area contributed by atoms with Crippen molar-refractivity contribution < 1.29 is 4.79 Å². The predicted octanol–water partition coefficient (Wildman–Crippen LogP) is 0.626. The maximum atomic E-state index is 11.2. The number of amides is 1. The number of nitrogens with two attached hydrogens (primary N) is 1. The van der Waals surface area contributed by atoms with E-state index in [4.69, 9.17) is 11.1 Å². The van der Waals surface area contributed by atoms with Crippen molar-refractivity contribution in [1.82, 2.24) is 4.90 Å². The fraction of sp³-hybridized carbons (Fsp3) is 0.750. The summed E-state index contributed by atoms with van der Waals surface area (Å²) in [6, 6.07) is 0. The fourth-order valence-electron chi connectivity index (χ4n) is 1.38. The molecule has 0 aromatic heterocycles. The Morgan fingerprint density at radius 2 is 2.46 bits per heavy atom. The molecule has 4 nitrogen and oxygen atoms in total. The van der Waals surface area contributed by atoms with Crippen molar-refractivity contribution in [3.8, 4) is 0 Å². The van der Waals surface area contributed by atoms with Crippen LogP contribution in [-0.4, -0.2) is 34.8 Å². The minimum Gasteiger partial charge on any atom is -0.379 e. The number of rotatable bonds is 4. The third-order valence-corrected chi connectivity index (χ3v) is 2.81. The maximum absolute atomic E-state index is 11.2. The van der Waals surface area contributed by atoms with Gasteiger partial charge in [-0.05, 0) is 12.8 Å². The van der Waals surface area contributed by atoms with Crippen LogP contribution in [0.5, 0.6) is 0 Å². The molecule has 0 aromatic rings. The van der Waals surface area contributed by atoms with Gasteiger partial charge >= 0.3 is 0 Å². The Hall–Kier alpha value is -0.710. The average Bonchev–Trinajstić information content (AvgIpc) is 2.45. The first-order valence-electron chi connectivity index (χ1n) is 4.45. The van der Waals surface area contributed by atoms with Gasteiger partial charge in [-0.2, -0.15) is 0 Å². The van der Waals surface area contributed by atoms with E-state index in [0.717, 1.165) is 31.7 Å².